The van der Waals surface area contributed by atoms with Crippen LogP contribution in [0.25, 0.3) is 11.1 Å². The summed E-state index contributed by atoms with van der Waals surface area (Å²) in [6.07, 6.45) is 1.79. The maximum atomic E-state index is 13.1. The molecule has 2 aromatic heterocycles. The highest BCUT2D eigenvalue weighted by Crippen LogP contribution is 2.27. The fraction of sp³-hybridized carbons (Fsp3) is 0.238. The third-order valence-corrected chi connectivity index (χ3v) is 5.98. The van der Waals surface area contributed by atoms with Gasteiger partial charge in [0.2, 0.25) is 0 Å². The Balaban J connectivity index is 1.35. The minimum absolute atomic E-state index is 0.0613. The number of hydrogen-bond donors (Lipinski definition) is 0. The number of hydrogen-bond acceptors (Lipinski definition) is 4. The average molecular weight is 416 g/mol. The molecule has 0 bridgehead atoms. The Labute approximate surface area is 172 Å². The van der Waals surface area contributed by atoms with Crippen molar-refractivity contribution in [2.45, 2.75) is 6.54 Å². The van der Waals surface area contributed by atoms with Crippen LogP contribution >= 0.6 is 22.9 Å². The molecule has 0 atom stereocenters. The molecule has 3 aromatic rings. The second kappa shape index (κ2) is 8.39. The van der Waals surface area contributed by atoms with Crippen LogP contribution in [0.3, 0.4) is 0 Å². The van der Waals surface area contributed by atoms with Crippen molar-refractivity contribution in [3.8, 4) is 11.1 Å². The zero-order chi connectivity index (χ0) is 19.5. The van der Waals surface area contributed by atoms with E-state index in [2.05, 4.69) is 9.88 Å². The van der Waals surface area contributed by atoms with Crippen molar-refractivity contribution in [3.63, 3.8) is 0 Å². The van der Waals surface area contributed by atoms with Gasteiger partial charge in [-0.15, -0.1) is 11.3 Å². The number of benzene rings is 1. The van der Waals surface area contributed by atoms with Gasteiger partial charge >= 0.3 is 0 Å². The lowest BCUT2D eigenvalue weighted by molar-refractivity contribution is 0.0633. The van der Waals surface area contributed by atoms with Gasteiger partial charge in [0.05, 0.1) is 4.88 Å². The van der Waals surface area contributed by atoms with Crippen molar-refractivity contribution in [2.24, 2.45) is 0 Å². The zero-order valence-corrected chi connectivity index (χ0v) is 16.7. The van der Waals surface area contributed by atoms with Crippen molar-refractivity contribution in [1.29, 1.82) is 0 Å². The molecule has 7 heteroatoms. The lowest BCUT2D eigenvalue weighted by atomic mass is 10.1. The number of thiophene rings is 1. The fourth-order valence-corrected chi connectivity index (χ4v) is 4.26. The zero-order valence-electron chi connectivity index (χ0n) is 15.1. The molecule has 0 saturated carbocycles. The first-order valence-corrected chi connectivity index (χ1v) is 10.3. The molecule has 1 aliphatic rings. The molecule has 0 N–H and O–H groups in total. The lowest BCUT2D eigenvalue weighted by Crippen LogP contribution is -2.48. The van der Waals surface area contributed by atoms with Gasteiger partial charge in [-0.3, -0.25) is 9.69 Å². The highest BCUT2D eigenvalue weighted by Gasteiger charge is 2.23. The van der Waals surface area contributed by atoms with Crippen LogP contribution in [0.5, 0.6) is 0 Å². The van der Waals surface area contributed by atoms with E-state index >= 15 is 0 Å². The second-order valence-corrected chi connectivity index (χ2v) is 8.06. The first-order chi connectivity index (χ1) is 13.6. The van der Waals surface area contributed by atoms with Crippen LogP contribution in [0.2, 0.25) is 5.15 Å². The van der Waals surface area contributed by atoms with Crippen molar-refractivity contribution >= 4 is 28.8 Å². The quantitative estimate of drug-likeness (QED) is 0.586. The number of carbonyl (C=O) groups is 1. The van der Waals surface area contributed by atoms with Crippen LogP contribution < -0.4 is 0 Å². The molecule has 1 fully saturated rings. The number of amides is 1. The number of nitrogens with zero attached hydrogens (tertiary/aromatic N) is 3. The van der Waals surface area contributed by atoms with E-state index in [0.29, 0.717) is 18.2 Å². The van der Waals surface area contributed by atoms with Gasteiger partial charge in [-0.05, 0) is 46.3 Å². The molecule has 0 unspecified atom stereocenters. The molecule has 1 aromatic carbocycles. The van der Waals surface area contributed by atoms with Crippen LogP contribution in [0.4, 0.5) is 4.39 Å². The standard InChI is InChI=1S/C21H19ClFN3OS/c22-20-6-1-15(12-24-20)13-25-7-9-26(10-8-25)21(27)19-11-17(14-28-19)16-2-4-18(23)5-3-16/h1-6,11-12,14H,7-10,13H2. The number of aromatic nitrogens is 1. The summed E-state index contributed by atoms with van der Waals surface area (Å²) in [5, 5.41) is 2.44. The smallest absolute Gasteiger partial charge is 0.264 e. The third-order valence-electron chi connectivity index (χ3n) is 4.84. The van der Waals surface area contributed by atoms with E-state index in [1.54, 1.807) is 24.4 Å². The van der Waals surface area contributed by atoms with Crippen LogP contribution in [-0.2, 0) is 6.54 Å². The molecule has 4 rings (SSSR count). The first kappa shape index (κ1) is 19.1. The van der Waals surface area contributed by atoms with E-state index in [-0.39, 0.29) is 11.7 Å². The monoisotopic (exact) mass is 415 g/mol. The molecule has 0 aliphatic carbocycles. The predicted octanol–water partition coefficient (Wildman–Crippen LogP) is 4.56. The van der Waals surface area contributed by atoms with Crippen molar-refractivity contribution in [3.05, 3.63) is 75.5 Å². The predicted molar refractivity (Wildman–Crippen MR) is 110 cm³/mol. The number of halogens is 2. The summed E-state index contributed by atoms with van der Waals surface area (Å²) >= 11 is 7.27. The Bertz CT molecular complexity index is 951. The molecular weight excluding hydrogens is 397 g/mol. The normalized spacial score (nSPS) is 15.0. The summed E-state index contributed by atoms with van der Waals surface area (Å²) in [7, 11) is 0. The van der Waals surface area contributed by atoms with E-state index in [1.807, 2.05) is 22.4 Å². The van der Waals surface area contributed by atoms with E-state index in [9.17, 15) is 9.18 Å². The third kappa shape index (κ3) is 4.41. The van der Waals surface area contributed by atoms with Crippen LogP contribution in [-0.4, -0.2) is 46.9 Å². The van der Waals surface area contributed by atoms with Crippen molar-refractivity contribution in [2.75, 3.05) is 26.2 Å². The van der Waals surface area contributed by atoms with Gasteiger partial charge in [-0.2, -0.15) is 0 Å². The summed E-state index contributed by atoms with van der Waals surface area (Å²) in [5.74, 6) is -0.200. The van der Waals surface area contributed by atoms with Gasteiger partial charge in [0.15, 0.2) is 0 Å². The summed E-state index contributed by atoms with van der Waals surface area (Å²) in [6, 6.07) is 12.0. The second-order valence-electron chi connectivity index (χ2n) is 6.76. The minimum atomic E-state index is -0.262. The fourth-order valence-electron chi connectivity index (χ4n) is 3.27. The summed E-state index contributed by atoms with van der Waals surface area (Å²) < 4.78 is 13.1. The molecule has 1 saturated heterocycles. The average Bonchev–Trinajstić information content (AvgIpc) is 3.20. The van der Waals surface area contributed by atoms with E-state index < -0.39 is 0 Å². The highest BCUT2D eigenvalue weighted by molar-refractivity contribution is 7.12. The number of pyridine rings is 1. The van der Waals surface area contributed by atoms with Crippen LogP contribution in [0.1, 0.15) is 15.2 Å². The Morgan fingerprint density at radius 1 is 1.07 bits per heavy atom. The molecule has 3 heterocycles. The Hall–Kier alpha value is -2.28. The van der Waals surface area contributed by atoms with Gasteiger partial charge < -0.3 is 4.90 Å². The molecule has 0 spiro atoms. The van der Waals surface area contributed by atoms with Crippen LogP contribution in [0, 0.1) is 5.82 Å². The highest BCUT2D eigenvalue weighted by atomic mass is 35.5. The molecular formula is C21H19ClFN3OS. The molecule has 144 valence electrons. The first-order valence-electron chi connectivity index (χ1n) is 9.05. The summed E-state index contributed by atoms with van der Waals surface area (Å²) in [4.78, 5) is 21.9. The summed E-state index contributed by atoms with van der Waals surface area (Å²) in [5.41, 5.74) is 2.98. The van der Waals surface area contributed by atoms with Crippen molar-refractivity contribution in [1.82, 2.24) is 14.8 Å². The SMILES string of the molecule is O=C(c1cc(-c2ccc(F)cc2)cs1)N1CCN(Cc2ccc(Cl)nc2)CC1. The Morgan fingerprint density at radius 3 is 2.50 bits per heavy atom. The van der Waals surface area contributed by atoms with Gasteiger partial charge in [0.1, 0.15) is 11.0 Å². The molecule has 28 heavy (non-hydrogen) atoms. The molecule has 1 amide bonds. The van der Waals surface area contributed by atoms with E-state index in [0.717, 1.165) is 41.2 Å². The maximum Gasteiger partial charge on any atom is 0.264 e. The van der Waals surface area contributed by atoms with E-state index in [4.69, 9.17) is 11.6 Å². The number of piperazine rings is 1. The lowest BCUT2D eigenvalue weighted by Gasteiger charge is -2.34. The Kier molecular flexibility index (Phi) is 5.71. The molecule has 0 radical (unpaired) electrons. The van der Waals surface area contributed by atoms with E-state index in [1.165, 1.54) is 23.5 Å². The van der Waals surface area contributed by atoms with Crippen LogP contribution in [0.15, 0.2) is 54.0 Å². The topological polar surface area (TPSA) is 36.4 Å². The van der Waals surface area contributed by atoms with Gasteiger partial charge in [0, 0.05) is 38.9 Å². The molecule has 1 aliphatic heterocycles. The maximum absolute atomic E-state index is 13.1. The Morgan fingerprint density at radius 2 is 1.82 bits per heavy atom. The van der Waals surface area contributed by atoms with Crippen molar-refractivity contribution < 1.29 is 9.18 Å². The summed E-state index contributed by atoms with van der Waals surface area (Å²) in [6.45, 7) is 3.85. The molecule has 4 nitrogen and oxygen atoms in total. The minimum Gasteiger partial charge on any atom is -0.335 e. The van der Waals surface area contributed by atoms with Gasteiger partial charge in [-0.1, -0.05) is 29.8 Å². The number of rotatable bonds is 4. The number of carbonyl (C=O) groups excluding carboxylic acids is 1. The van der Waals surface area contributed by atoms with Gasteiger partial charge in [-0.25, -0.2) is 9.37 Å². The van der Waals surface area contributed by atoms with Gasteiger partial charge in [0.25, 0.3) is 5.91 Å². The largest absolute Gasteiger partial charge is 0.335 e.